The average molecular weight is 343 g/mol. The monoisotopic (exact) mass is 343 g/mol. The minimum atomic E-state index is -0.349. The lowest BCUT2D eigenvalue weighted by Crippen LogP contribution is -2.45. The number of nitrogens with two attached hydrogens (primary N) is 1. The number of nitrogens with one attached hydrogen (secondary N) is 1. The molecule has 25 heavy (non-hydrogen) atoms. The predicted octanol–water partition coefficient (Wildman–Crippen LogP) is 0.870. The Balaban J connectivity index is 1.63. The number of nitrogens with zero attached hydrogens (tertiary/aromatic N) is 3. The van der Waals surface area contributed by atoms with E-state index in [-0.39, 0.29) is 24.3 Å². The molecule has 1 aliphatic rings. The van der Waals surface area contributed by atoms with E-state index in [9.17, 15) is 9.59 Å². The van der Waals surface area contributed by atoms with Gasteiger partial charge in [-0.25, -0.2) is 0 Å². The van der Waals surface area contributed by atoms with E-state index >= 15 is 0 Å². The van der Waals surface area contributed by atoms with Crippen LogP contribution in [0.3, 0.4) is 0 Å². The van der Waals surface area contributed by atoms with Crippen molar-refractivity contribution in [2.75, 3.05) is 19.6 Å². The van der Waals surface area contributed by atoms with Crippen LogP contribution in [0, 0.1) is 5.92 Å². The molecule has 2 aromatic rings. The first kappa shape index (κ1) is 17.4. The molecule has 0 aliphatic carbocycles. The highest BCUT2D eigenvalue weighted by Gasteiger charge is 2.26. The van der Waals surface area contributed by atoms with Crippen molar-refractivity contribution in [3.8, 4) is 0 Å². The van der Waals surface area contributed by atoms with Crippen LogP contribution in [0.15, 0.2) is 24.3 Å². The Morgan fingerprint density at radius 2 is 2.16 bits per heavy atom. The normalized spacial score (nSPS) is 18.4. The number of likely N-dealkylation sites (tertiary alicyclic amines) is 1. The molecule has 0 radical (unpaired) electrons. The molecule has 7 heteroatoms. The van der Waals surface area contributed by atoms with E-state index in [1.807, 2.05) is 33.8 Å². The van der Waals surface area contributed by atoms with Crippen LogP contribution in [0.5, 0.6) is 0 Å². The molecule has 1 aromatic heterocycles. The lowest BCUT2D eigenvalue weighted by atomic mass is 9.97. The van der Waals surface area contributed by atoms with Crippen molar-refractivity contribution in [3.63, 3.8) is 0 Å². The van der Waals surface area contributed by atoms with Crippen LogP contribution in [0.4, 0.5) is 0 Å². The highest BCUT2D eigenvalue weighted by Crippen LogP contribution is 2.19. The third kappa shape index (κ3) is 3.99. The number of hydrogen-bond donors (Lipinski definition) is 2. The van der Waals surface area contributed by atoms with Crippen molar-refractivity contribution in [2.24, 2.45) is 11.7 Å². The maximum absolute atomic E-state index is 12.5. The number of rotatable bonds is 6. The Morgan fingerprint density at radius 3 is 2.92 bits per heavy atom. The molecule has 0 bridgehead atoms. The van der Waals surface area contributed by atoms with Gasteiger partial charge in [0, 0.05) is 18.5 Å². The summed E-state index contributed by atoms with van der Waals surface area (Å²) in [4.78, 5) is 25.6. The van der Waals surface area contributed by atoms with E-state index in [1.54, 1.807) is 0 Å². The summed E-state index contributed by atoms with van der Waals surface area (Å²) in [6, 6.07) is 8.05. The van der Waals surface area contributed by atoms with E-state index in [1.165, 1.54) is 0 Å². The third-order valence-corrected chi connectivity index (χ3v) is 4.72. The molecule has 1 fully saturated rings. The minimum absolute atomic E-state index is 0.0179. The van der Waals surface area contributed by atoms with Gasteiger partial charge in [0.1, 0.15) is 0 Å². The molecule has 134 valence electrons. The van der Waals surface area contributed by atoms with Crippen molar-refractivity contribution >= 4 is 22.7 Å². The summed E-state index contributed by atoms with van der Waals surface area (Å²) in [6.07, 6.45) is 1.74. The van der Waals surface area contributed by atoms with Gasteiger partial charge in [-0.2, -0.15) is 5.10 Å². The van der Waals surface area contributed by atoms with Gasteiger partial charge in [0.2, 0.25) is 11.8 Å². The summed E-state index contributed by atoms with van der Waals surface area (Å²) in [6.45, 7) is 4.88. The second kappa shape index (κ2) is 7.65. The van der Waals surface area contributed by atoms with Gasteiger partial charge in [0.05, 0.1) is 30.2 Å². The molecular formula is C18H25N5O2. The van der Waals surface area contributed by atoms with Crippen LogP contribution >= 0.6 is 0 Å². The van der Waals surface area contributed by atoms with Crippen molar-refractivity contribution in [1.29, 1.82) is 0 Å². The molecule has 1 saturated heterocycles. The summed E-state index contributed by atoms with van der Waals surface area (Å²) in [7, 11) is 0. The molecule has 1 atom stereocenters. The largest absolute Gasteiger partial charge is 0.369 e. The van der Waals surface area contributed by atoms with Crippen molar-refractivity contribution < 1.29 is 9.59 Å². The average Bonchev–Trinajstić information content (AvgIpc) is 2.97. The van der Waals surface area contributed by atoms with Crippen LogP contribution in [0.1, 0.15) is 25.5 Å². The fraction of sp³-hybridized carbons (Fsp3) is 0.500. The summed E-state index contributed by atoms with van der Waals surface area (Å²) in [5.74, 6) is -0.436. The highest BCUT2D eigenvalue weighted by molar-refractivity contribution is 5.83. The molecule has 0 saturated carbocycles. The third-order valence-electron chi connectivity index (χ3n) is 4.72. The molecule has 0 unspecified atom stereocenters. The Morgan fingerprint density at radius 1 is 1.36 bits per heavy atom. The number of aryl methyl sites for hydroxylation is 1. The first-order valence-electron chi connectivity index (χ1n) is 8.81. The highest BCUT2D eigenvalue weighted by atomic mass is 16.2. The number of fused-ring (bicyclic) bond motifs is 1. The van der Waals surface area contributed by atoms with Gasteiger partial charge in [-0.15, -0.1) is 0 Å². The van der Waals surface area contributed by atoms with Gasteiger partial charge < -0.3 is 11.1 Å². The fourth-order valence-corrected chi connectivity index (χ4v) is 3.52. The van der Waals surface area contributed by atoms with Gasteiger partial charge >= 0.3 is 0 Å². The zero-order valence-corrected chi connectivity index (χ0v) is 14.6. The van der Waals surface area contributed by atoms with Crippen molar-refractivity contribution in [3.05, 3.63) is 30.0 Å². The molecule has 7 nitrogen and oxygen atoms in total. The number of hydrogen-bond acceptors (Lipinski definition) is 4. The SMILES string of the molecule is CCn1nc(CNC(=O)[C@H]2CCCN(CC(N)=O)C2)c2ccccc21. The number of piperidine rings is 1. The summed E-state index contributed by atoms with van der Waals surface area (Å²) >= 11 is 0. The van der Waals surface area contributed by atoms with E-state index in [2.05, 4.69) is 17.3 Å². The molecule has 3 rings (SSSR count). The Hall–Kier alpha value is -2.41. The quantitative estimate of drug-likeness (QED) is 0.814. The Kier molecular flexibility index (Phi) is 5.33. The lowest BCUT2D eigenvalue weighted by molar-refractivity contribution is -0.128. The summed E-state index contributed by atoms with van der Waals surface area (Å²) < 4.78 is 1.95. The predicted molar refractivity (Wildman–Crippen MR) is 95.6 cm³/mol. The number of benzene rings is 1. The number of carbonyl (C=O) groups excluding carboxylic acids is 2. The van der Waals surface area contributed by atoms with Gasteiger partial charge in [-0.3, -0.25) is 19.2 Å². The zero-order chi connectivity index (χ0) is 17.8. The summed E-state index contributed by atoms with van der Waals surface area (Å²) in [5, 5.41) is 8.70. The second-order valence-corrected chi connectivity index (χ2v) is 6.54. The van der Waals surface area contributed by atoms with Crippen molar-refractivity contribution in [1.82, 2.24) is 20.0 Å². The van der Waals surface area contributed by atoms with Gasteiger partial charge in [0.25, 0.3) is 0 Å². The Labute approximate surface area is 147 Å². The van der Waals surface area contributed by atoms with Gasteiger partial charge in [0.15, 0.2) is 0 Å². The molecular weight excluding hydrogens is 318 g/mol. The topological polar surface area (TPSA) is 93.2 Å². The standard InChI is InChI=1S/C18H25N5O2/c1-2-23-16-8-4-3-7-14(16)15(21-23)10-20-18(25)13-6-5-9-22(11-13)12-17(19)24/h3-4,7-8,13H,2,5-6,9-12H2,1H3,(H2,19,24)(H,20,25)/t13-/m0/s1. The first-order chi connectivity index (χ1) is 12.1. The maximum atomic E-state index is 12.5. The fourth-order valence-electron chi connectivity index (χ4n) is 3.52. The van der Waals surface area contributed by atoms with Crippen LogP contribution < -0.4 is 11.1 Å². The number of aromatic nitrogens is 2. The van der Waals surface area contributed by atoms with Crippen molar-refractivity contribution in [2.45, 2.75) is 32.9 Å². The lowest BCUT2D eigenvalue weighted by Gasteiger charge is -2.30. The molecule has 2 heterocycles. The van der Waals surface area contributed by atoms with Crippen LogP contribution in [0.25, 0.3) is 10.9 Å². The Bertz CT molecular complexity index is 770. The van der Waals surface area contributed by atoms with E-state index in [4.69, 9.17) is 5.73 Å². The smallest absolute Gasteiger partial charge is 0.231 e. The first-order valence-corrected chi connectivity index (χ1v) is 8.81. The van der Waals surface area contributed by atoms with Crippen LogP contribution in [0.2, 0.25) is 0 Å². The van der Waals surface area contributed by atoms with E-state index in [0.717, 1.165) is 42.5 Å². The van der Waals surface area contributed by atoms with Gasteiger partial charge in [-0.1, -0.05) is 18.2 Å². The minimum Gasteiger partial charge on any atom is -0.369 e. The molecule has 0 spiro atoms. The molecule has 1 aliphatic heterocycles. The number of amides is 2. The van der Waals surface area contributed by atoms with E-state index in [0.29, 0.717) is 13.1 Å². The molecule has 1 aromatic carbocycles. The zero-order valence-electron chi connectivity index (χ0n) is 14.6. The van der Waals surface area contributed by atoms with Crippen LogP contribution in [-0.4, -0.2) is 46.1 Å². The number of carbonyl (C=O) groups is 2. The maximum Gasteiger partial charge on any atom is 0.231 e. The van der Waals surface area contributed by atoms with Gasteiger partial charge in [-0.05, 0) is 32.4 Å². The summed E-state index contributed by atoms with van der Waals surface area (Å²) in [5.41, 5.74) is 7.22. The second-order valence-electron chi connectivity index (χ2n) is 6.54. The molecule has 2 amide bonds. The van der Waals surface area contributed by atoms with Crippen LogP contribution in [-0.2, 0) is 22.7 Å². The number of primary amides is 1. The van der Waals surface area contributed by atoms with E-state index < -0.39 is 0 Å². The molecule has 3 N–H and O–H groups in total. The number of para-hydroxylation sites is 1.